The van der Waals surface area contributed by atoms with Crippen LogP contribution in [0, 0.1) is 0 Å². The van der Waals surface area contributed by atoms with Crippen molar-refractivity contribution in [2.24, 2.45) is 0 Å². The summed E-state index contributed by atoms with van der Waals surface area (Å²) in [7, 11) is 0. The molecule has 1 unspecified atom stereocenters. The summed E-state index contributed by atoms with van der Waals surface area (Å²) < 4.78 is 5.62. The first-order chi connectivity index (χ1) is 8.97. The standard InChI is InChI=1S/C14H11Cl3O2/c1-8(18)9-2-5-14(13(17)6-9)19-10-3-4-11(15)12(16)7-10/h2-8,18H,1H3. The van der Waals surface area contributed by atoms with Crippen molar-refractivity contribution < 1.29 is 9.84 Å². The van der Waals surface area contributed by atoms with E-state index in [1.165, 1.54) is 0 Å². The van der Waals surface area contributed by atoms with Crippen LogP contribution in [0.25, 0.3) is 0 Å². The number of aliphatic hydroxyl groups is 1. The van der Waals surface area contributed by atoms with Gasteiger partial charge in [0.1, 0.15) is 11.5 Å². The van der Waals surface area contributed by atoms with Gasteiger partial charge in [0.15, 0.2) is 0 Å². The van der Waals surface area contributed by atoms with Gasteiger partial charge in [0.05, 0.1) is 21.2 Å². The van der Waals surface area contributed by atoms with Gasteiger partial charge < -0.3 is 9.84 Å². The molecule has 0 fully saturated rings. The van der Waals surface area contributed by atoms with Gasteiger partial charge >= 0.3 is 0 Å². The van der Waals surface area contributed by atoms with Crippen molar-refractivity contribution in [2.45, 2.75) is 13.0 Å². The summed E-state index contributed by atoms with van der Waals surface area (Å²) in [5.74, 6) is 1.03. The Bertz CT molecular complexity index is 597. The number of ether oxygens (including phenoxy) is 1. The molecule has 0 aliphatic heterocycles. The molecule has 1 N–H and O–H groups in total. The average molecular weight is 318 g/mol. The minimum absolute atomic E-state index is 0.413. The molecule has 0 amide bonds. The first-order valence-corrected chi connectivity index (χ1v) is 6.71. The lowest BCUT2D eigenvalue weighted by atomic mass is 10.1. The molecule has 0 bridgehead atoms. The predicted octanol–water partition coefficient (Wildman–Crippen LogP) is 5.49. The summed E-state index contributed by atoms with van der Waals surface area (Å²) in [6.45, 7) is 1.67. The third kappa shape index (κ3) is 3.54. The van der Waals surface area contributed by atoms with Crippen molar-refractivity contribution in [2.75, 3.05) is 0 Å². The van der Waals surface area contributed by atoms with Gasteiger partial charge in [-0.15, -0.1) is 0 Å². The van der Waals surface area contributed by atoms with E-state index in [-0.39, 0.29) is 0 Å². The van der Waals surface area contributed by atoms with Crippen LogP contribution in [0.1, 0.15) is 18.6 Å². The molecule has 19 heavy (non-hydrogen) atoms. The van der Waals surface area contributed by atoms with Crippen molar-refractivity contribution in [3.8, 4) is 11.5 Å². The van der Waals surface area contributed by atoms with Crippen LogP contribution < -0.4 is 4.74 Å². The average Bonchev–Trinajstić information content (AvgIpc) is 2.36. The van der Waals surface area contributed by atoms with Crippen LogP contribution in [0.2, 0.25) is 15.1 Å². The van der Waals surface area contributed by atoms with E-state index in [0.29, 0.717) is 26.6 Å². The monoisotopic (exact) mass is 316 g/mol. The molecule has 0 spiro atoms. The SMILES string of the molecule is CC(O)c1ccc(Oc2ccc(Cl)c(Cl)c2)c(Cl)c1. The molecule has 0 heterocycles. The van der Waals surface area contributed by atoms with Crippen LogP contribution >= 0.6 is 34.8 Å². The number of hydrogen-bond donors (Lipinski definition) is 1. The fourth-order valence-electron chi connectivity index (χ4n) is 1.53. The molecule has 100 valence electrons. The van der Waals surface area contributed by atoms with Crippen molar-refractivity contribution in [1.29, 1.82) is 0 Å². The smallest absolute Gasteiger partial charge is 0.146 e. The van der Waals surface area contributed by atoms with Crippen molar-refractivity contribution >= 4 is 34.8 Å². The molecule has 2 aromatic carbocycles. The lowest BCUT2D eigenvalue weighted by Crippen LogP contribution is -1.92. The van der Waals surface area contributed by atoms with E-state index < -0.39 is 6.10 Å². The van der Waals surface area contributed by atoms with Crippen LogP contribution in [0.4, 0.5) is 0 Å². The molecule has 0 aromatic heterocycles. The van der Waals surface area contributed by atoms with Gasteiger partial charge in [-0.25, -0.2) is 0 Å². The highest BCUT2D eigenvalue weighted by Gasteiger charge is 2.08. The number of hydrogen-bond acceptors (Lipinski definition) is 2. The van der Waals surface area contributed by atoms with Crippen LogP contribution in [-0.2, 0) is 0 Å². The minimum Gasteiger partial charge on any atom is -0.456 e. The second-order valence-corrected chi connectivity index (χ2v) is 5.27. The van der Waals surface area contributed by atoms with E-state index >= 15 is 0 Å². The molecule has 5 heteroatoms. The maximum Gasteiger partial charge on any atom is 0.146 e. The Labute approximate surface area is 126 Å². The zero-order valence-corrected chi connectivity index (χ0v) is 12.3. The number of rotatable bonds is 3. The first-order valence-electron chi connectivity index (χ1n) is 5.58. The predicted molar refractivity (Wildman–Crippen MR) is 78.6 cm³/mol. The lowest BCUT2D eigenvalue weighted by molar-refractivity contribution is 0.199. The van der Waals surface area contributed by atoms with Gasteiger partial charge in [-0.1, -0.05) is 40.9 Å². The fraction of sp³-hybridized carbons (Fsp3) is 0.143. The Hall–Kier alpha value is -0.930. The highest BCUT2D eigenvalue weighted by atomic mass is 35.5. The Kier molecular flexibility index (Phi) is 4.58. The molecule has 0 saturated heterocycles. The maximum absolute atomic E-state index is 9.46. The zero-order valence-electron chi connectivity index (χ0n) is 10.0. The van der Waals surface area contributed by atoms with Crippen LogP contribution in [0.3, 0.4) is 0 Å². The molecule has 2 nitrogen and oxygen atoms in total. The molecular weight excluding hydrogens is 307 g/mol. The van der Waals surface area contributed by atoms with Gasteiger partial charge in [-0.3, -0.25) is 0 Å². The molecule has 0 radical (unpaired) electrons. The van der Waals surface area contributed by atoms with Crippen LogP contribution in [-0.4, -0.2) is 5.11 Å². The summed E-state index contributed by atoms with van der Waals surface area (Å²) in [4.78, 5) is 0. The Morgan fingerprint density at radius 3 is 2.26 bits per heavy atom. The van der Waals surface area contributed by atoms with E-state index in [2.05, 4.69) is 0 Å². The fourth-order valence-corrected chi connectivity index (χ4v) is 2.04. The molecule has 0 saturated carbocycles. The number of benzene rings is 2. The van der Waals surface area contributed by atoms with E-state index in [0.717, 1.165) is 5.56 Å². The quantitative estimate of drug-likeness (QED) is 0.810. The van der Waals surface area contributed by atoms with Gasteiger partial charge in [0.25, 0.3) is 0 Å². The molecule has 2 aromatic rings. The van der Waals surface area contributed by atoms with Gasteiger partial charge in [-0.2, -0.15) is 0 Å². The normalized spacial score (nSPS) is 12.3. The largest absolute Gasteiger partial charge is 0.456 e. The van der Waals surface area contributed by atoms with E-state index in [1.54, 1.807) is 43.3 Å². The zero-order chi connectivity index (χ0) is 14.0. The van der Waals surface area contributed by atoms with E-state index in [9.17, 15) is 5.11 Å². The second kappa shape index (κ2) is 6.02. The minimum atomic E-state index is -0.573. The first kappa shape index (κ1) is 14.5. The van der Waals surface area contributed by atoms with Gasteiger partial charge in [-0.05, 0) is 36.8 Å². The van der Waals surface area contributed by atoms with Crippen molar-refractivity contribution in [1.82, 2.24) is 0 Å². The maximum atomic E-state index is 9.46. The van der Waals surface area contributed by atoms with E-state index in [1.807, 2.05) is 0 Å². The highest BCUT2D eigenvalue weighted by Crippen LogP contribution is 2.34. The van der Waals surface area contributed by atoms with Crippen molar-refractivity contribution in [3.05, 3.63) is 57.0 Å². The Morgan fingerprint density at radius 2 is 1.68 bits per heavy atom. The van der Waals surface area contributed by atoms with Crippen LogP contribution in [0.15, 0.2) is 36.4 Å². The molecule has 0 aliphatic rings. The lowest BCUT2D eigenvalue weighted by Gasteiger charge is -2.11. The summed E-state index contributed by atoms with van der Waals surface area (Å²) >= 11 is 17.8. The Balaban J connectivity index is 2.25. The summed E-state index contributed by atoms with van der Waals surface area (Å²) in [6.07, 6.45) is -0.573. The second-order valence-electron chi connectivity index (χ2n) is 4.04. The van der Waals surface area contributed by atoms with Gasteiger partial charge in [0, 0.05) is 6.07 Å². The molecule has 2 rings (SSSR count). The number of aliphatic hydroxyl groups excluding tert-OH is 1. The summed E-state index contributed by atoms with van der Waals surface area (Å²) in [5, 5.41) is 10.8. The van der Waals surface area contributed by atoms with Gasteiger partial charge in [0.2, 0.25) is 0 Å². The van der Waals surface area contributed by atoms with Crippen molar-refractivity contribution in [3.63, 3.8) is 0 Å². The molecule has 0 aliphatic carbocycles. The molecule has 1 atom stereocenters. The summed E-state index contributed by atoms with van der Waals surface area (Å²) in [5.41, 5.74) is 0.728. The van der Waals surface area contributed by atoms with E-state index in [4.69, 9.17) is 39.5 Å². The highest BCUT2D eigenvalue weighted by molar-refractivity contribution is 6.42. The summed E-state index contributed by atoms with van der Waals surface area (Å²) in [6, 6.07) is 10.1. The number of halogens is 3. The third-order valence-electron chi connectivity index (χ3n) is 2.56. The molecular formula is C14H11Cl3O2. The third-order valence-corrected chi connectivity index (χ3v) is 3.59. The Morgan fingerprint density at radius 1 is 0.947 bits per heavy atom. The van der Waals surface area contributed by atoms with Crippen LogP contribution in [0.5, 0.6) is 11.5 Å². The topological polar surface area (TPSA) is 29.5 Å².